The van der Waals surface area contributed by atoms with E-state index in [4.69, 9.17) is 14.2 Å². The number of benzene rings is 3. The van der Waals surface area contributed by atoms with Crippen LogP contribution in [0.4, 0.5) is 4.39 Å². The first-order valence-corrected chi connectivity index (χ1v) is 12.6. The molecule has 0 atom stereocenters. The predicted molar refractivity (Wildman–Crippen MR) is 139 cm³/mol. The summed E-state index contributed by atoms with van der Waals surface area (Å²) in [6, 6.07) is 17.7. The minimum Gasteiger partial charge on any atom is -0.493 e. The quantitative estimate of drug-likeness (QED) is 0.216. The van der Waals surface area contributed by atoms with Crippen molar-refractivity contribution in [2.75, 3.05) is 13.2 Å². The van der Waals surface area contributed by atoms with E-state index in [2.05, 4.69) is 11.9 Å². The monoisotopic (exact) mass is 509 g/mol. The molecule has 1 heterocycles. The number of aromatic nitrogens is 1. The average molecular weight is 510 g/mol. The molecule has 0 saturated heterocycles. The van der Waals surface area contributed by atoms with Crippen LogP contribution in [-0.4, -0.2) is 23.3 Å². The lowest BCUT2D eigenvalue weighted by atomic mass is 10.1. The van der Waals surface area contributed by atoms with Gasteiger partial charge in [0.15, 0.2) is 0 Å². The lowest BCUT2D eigenvalue weighted by Crippen LogP contribution is -2.06. The van der Waals surface area contributed by atoms with Crippen LogP contribution in [0.15, 0.2) is 65.5 Å². The highest BCUT2D eigenvalue weighted by Gasteiger charge is 2.11. The molecule has 0 aliphatic carbocycles. The van der Waals surface area contributed by atoms with Crippen LogP contribution in [0.5, 0.6) is 28.9 Å². The lowest BCUT2D eigenvalue weighted by molar-refractivity contribution is 0.246. The number of halogens is 1. The molecule has 3 aromatic carbocycles. The van der Waals surface area contributed by atoms with Crippen LogP contribution >= 0.6 is 11.3 Å². The third-order valence-corrected chi connectivity index (χ3v) is 6.38. The van der Waals surface area contributed by atoms with E-state index in [9.17, 15) is 14.3 Å². The highest BCUT2D eigenvalue weighted by Crippen LogP contribution is 2.32. The standard InChI is InChI=1S/C28H28FNO5S/c1-3-6-19-16-23(35-22-9-11-24(29)18(2)15-22)10-12-25(19)34-14-5-13-33-21-8-4-7-20(17-21)26-27(31)30-28(32)36-26/h4,7-12,15-17,31H,3,5-6,13-14H2,1-2H3,(H,30,32). The average Bonchev–Trinajstić information content (AvgIpc) is 3.20. The minimum absolute atomic E-state index is 0.136. The Labute approximate surface area is 212 Å². The smallest absolute Gasteiger partial charge is 0.307 e. The number of hydrogen-bond acceptors (Lipinski definition) is 6. The molecule has 0 aliphatic heterocycles. The molecule has 0 aliphatic rings. The van der Waals surface area contributed by atoms with Crippen molar-refractivity contribution >= 4 is 11.3 Å². The molecule has 8 heteroatoms. The van der Waals surface area contributed by atoms with E-state index in [1.807, 2.05) is 36.4 Å². The Kier molecular flexibility index (Phi) is 8.28. The number of hydrogen-bond donors (Lipinski definition) is 2. The number of nitrogens with one attached hydrogen (secondary N) is 1. The number of aromatic hydroxyl groups is 1. The van der Waals surface area contributed by atoms with Gasteiger partial charge in [0.25, 0.3) is 0 Å². The Balaban J connectivity index is 1.31. The van der Waals surface area contributed by atoms with Crippen molar-refractivity contribution in [3.63, 3.8) is 0 Å². The fourth-order valence-corrected chi connectivity index (χ4v) is 4.44. The summed E-state index contributed by atoms with van der Waals surface area (Å²) in [6.07, 6.45) is 2.47. The number of ether oxygens (including phenoxy) is 3. The maximum absolute atomic E-state index is 13.5. The van der Waals surface area contributed by atoms with E-state index < -0.39 is 0 Å². The molecule has 0 fully saturated rings. The van der Waals surface area contributed by atoms with Crippen molar-refractivity contribution < 1.29 is 23.7 Å². The van der Waals surface area contributed by atoms with Gasteiger partial charge in [-0.3, -0.25) is 9.78 Å². The third-order valence-electron chi connectivity index (χ3n) is 5.46. The van der Waals surface area contributed by atoms with Gasteiger partial charge in [0, 0.05) is 12.0 Å². The molecule has 6 nitrogen and oxygen atoms in total. The van der Waals surface area contributed by atoms with Crippen LogP contribution in [0.2, 0.25) is 0 Å². The van der Waals surface area contributed by atoms with E-state index in [0.29, 0.717) is 52.9 Å². The largest absolute Gasteiger partial charge is 0.493 e. The van der Waals surface area contributed by atoms with Gasteiger partial charge in [-0.1, -0.05) is 36.8 Å². The molecule has 36 heavy (non-hydrogen) atoms. The maximum Gasteiger partial charge on any atom is 0.307 e. The summed E-state index contributed by atoms with van der Waals surface area (Å²) in [7, 11) is 0. The number of H-pyrrole nitrogens is 1. The molecule has 0 amide bonds. The van der Waals surface area contributed by atoms with E-state index in [1.54, 1.807) is 25.1 Å². The number of aryl methyl sites for hydroxylation is 2. The summed E-state index contributed by atoms with van der Waals surface area (Å²) in [5.41, 5.74) is 2.30. The Bertz CT molecular complexity index is 1380. The second kappa shape index (κ2) is 11.8. The summed E-state index contributed by atoms with van der Waals surface area (Å²) in [5.74, 6) is 2.33. The van der Waals surface area contributed by atoms with E-state index in [-0.39, 0.29) is 16.6 Å². The Hall–Kier alpha value is -3.78. The van der Waals surface area contributed by atoms with Gasteiger partial charge in [-0.2, -0.15) is 0 Å². The fraction of sp³-hybridized carbons (Fsp3) is 0.250. The molecule has 0 saturated carbocycles. The van der Waals surface area contributed by atoms with Gasteiger partial charge in [-0.05, 0) is 73.0 Å². The molecule has 1 aromatic heterocycles. The summed E-state index contributed by atoms with van der Waals surface area (Å²) < 4.78 is 31.3. The van der Waals surface area contributed by atoms with Gasteiger partial charge < -0.3 is 19.3 Å². The SMILES string of the molecule is CCCc1cc(Oc2ccc(F)c(C)c2)ccc1OCCCOc1cccc(-c2sc(=O)[nH]c2O)c1. The second-order valence-corrected chi connectivity index (χ2v) is 9.29. The topological polar surface area (TPSA) is 80.8 Å². The van der Waals surface area contributed by atoms with Crippen molar-refractivity contribution in [2.24, 2.45) is 0 Å². The molecule has 0 spiro atoms. The van der Waals surface area contributed by atoms with Crippen molar-refractivity contribution in [3.8, 4) is 39.3 Å². The summed E-state index contributed by atoms with van der Waals surface area (Å²) in [5, 5.41) is 9.88. The molecule has 188 valence electrons. The highest BCUT2D eigenvalue weighted by atomic mass is 32.1. The van der Waals surface area contributed by atoms with E-state index in [1.165, 1.54) is 6.07 Å². The fourth-order valence-electron chi connectivity index (χ4n) is 3.72. The number of rotatable bonds is 11. The zero-order valence-corrected chi connectivity index (χ0v) is 21.0. The molecule has 0 bridgehead atoms. The van der Waals surface area contributed by atoms with Gasteiger partial charge >= 0.3 is 4.87 Å². The van der Waals surface area contributed by atoms with Crippen LogP contribution in [0.3, 0.4) is 0 Å². The van der Waals surface area contributed by atoms with Gasteiger partial charge in [-0.25, -0.2) is 4.39 Å². The van der Waals surface area contributed by atoms with Crippen molar-refractivity contribution in [2.45, 2.75) is 33.1 Å². The van der Waals surface area contributed by atoms with Gasteiger partial charge in [0.05, 0.1) is 18.1 Å². The maximum atomic E-state index is 13.5. The molecule has 4 rings (SSSR count). The van der Waals surface area contributed by atoms with Crippen LogP contribution in [0.25, 0.3) is 10.4 Å². The lowest BCUT2D eigenvalue weighted by Gasteiger charge is -2.14. The minimum atomic E-state index is -0.307. The van der Waals surface area contributed by atoms with Crippen LogP contribution in [0, 0.1) is 12.7 Å². The van der Waals surface area contributed by atoms with Crippen molar-refractivity contribution in [3.05, 3.63) is 87.3 Å². The Morgan fingerprint density at radius 2 is 1.75 bits per heavy atom. The Morgan fingerprint density at radius 3 is 2.50 bits per heavy atom. The zero-order valence-electron chi connectivity index (χ0n) is 20.2. The van der Waals surface area contributed by atoms with Crippen LogP contribution < -0.4 is 19.1 Å². The van der Waals surface area contributed by atoms with Gasteiger partial charge in [0.1, 0.15) is 28.8 Å². The van der Waals surface area contributed by atoms with E-state index >= 15 is 0 Å². The third kappa shape index (κ3) is 6.46. The summed E-state index contributed by atoms with van der Waals surface area (Å²) in [4.78, 5) is 14.0. The highest BCUT2D eigenvalue weighted by molar-refractivity contribution is 7.13. The zero-order chi connectivity index (χ0) is 25.5. The number of thiazole rings is 1. The first-order chi connectivity index (χ1) is 17.4. The number of aromatic amines is 1. The molecular formula is C28H28FNO5S. The normalized spacial score (nSPS) is 10.9. The molecule has 0 unspecified atom stereocenters. The predicted octanol–water partition coefficient (Wildman–Crippen LogP) is 6.85. The second-order valence-electron chi connectivity index (χ2n) is 8.30. The van der Waals surface area contributed by atoms with Gasteiger partial charge in [-0.15, -0.1) is 0 Å². The van der Waals surface area contributed by atoms with Crippen LogP contribution in [0.1, 0.15) is 30.9 Å². The molecule has 2 N–H and O–H groups in total. The van der Waals surface area contributed by atoms with E-state index in [0.717, 1.165) is 35.5 Å². The van der Waals surface area contributed by atoms with Gasteiger partial charge in [0.2, 0.25) is 5.88 Å². The van der Waals surface area contributed by atoms with Crippen molar-refractivity contribution in [1.29, 1.82) is 0 Å². The molecule has 4 aromatic rings. The molecular weight excluding hydrogens is 481 g/mol. The summed E-state index contributed by atoms with van der Waals surface area (Å²) >= 11 is 0.953. The van der Waals surface area contributed by atoms with Crippen LogP contribution in [-0.2, 0) is 6.42 Å². The first-order valence-electron chi connectivity index (χ1n) is 11.8. The summed E-state index contributed by atoms with van der Waals surface area (Å²) in [6.45, 7) is 4.74. The Morgan fingerprint density at radius 1 is 0.972 bits per heavy atom. The molecule has 0 radical (unpaired) electrons. The first kappa shape index (κ1) is 25.3. The van der Waals surface area contributed by atoms with Crippen molar-refractivity contribution in [1.82, 2.24) is 4.98 Å².